The molecule has 0 aliphatic rings. The minimum absolute atomic E-state index is 0.101. The molecular weight excluding hydrogens is 306 g/mol. The number of aryl methyl sites for hydroxylation is 1. The molecule has 1 aromatic heterocycles. The van der Waals surface area contributed by atoms with Crippen molar-refractivity contribution in [1.29, 1.82) is 0 Å². The van der Waals surface area contributed by atoms with Crippen molar-refractivity contribution in [1.82, 2.24) is 4.57 Å². The van der Waals surface area contributed by atoms with Crippen molar-refractivity contribution in [2.75, 3.05) is 20.3 Å². The molecule has 0 fully saturated rings. The van der Waals surface area contributed by atoms with Crippen LogP contribution in [0.25, 0.3) is 0 Å². The summed E-state index contributed by atoms with van der Waals surface area (Å²) in [5, 5.41) is 0. The van der Waals surface area contributed by atoms with Crippen molar-refractivity contribution >= 4 is 25.7 Å². The number of aromatic nitrogens is 1. The number of rotatable bonds is 8. The standard InChI is InChI=1S/C12H18ClNO5S/c1-3-5-14-9-10(20(13,16)17)8-11(14)12(15)19-7-4-6-18-2/h8-9H,3-7H2,1-2H3. The second kappa shape index (κ2) is 7.66. The van der Waals surface area contributed by atoms with Crippen molar-refractivity contribution < 1.29 is 22.7 Å². The summed E-state index contributed by atoms with van der Waals surface area (Å²) in [6.07, 6.45) is 2.68. The fourth-order valence-electron chi connectivity index (χ4n) is 1.66. The molecule has 8 heteroatoms. The van der Waals surface area contributed by atoms with Crippen LogP contribution in [0.3, 0.4) is 0 Å². The number of ether oxygens (including phenoxy) is 2. The lowest BCUT2D eigenvalue weighted by molar-refractivity contribution is 0.0456. The third kappa shape index (κ3) is 4.81. The van der Waals surface area contributed by atoms with Gasteiger partial charge >= 0.3 is 5.97 Å². The van der Waals surface area contributed by atoms with Crippen molar-refractivity contribution in [2.24, 2.45) is 0 Å². The van der Waals surface area contributed by atoms with Gasteiger partial charge in [-0.1, -0.05) is 6.92 Å². The molecule has 114 valence electrons. The third-order valence-corrected chi connectivity index (χ3v) is 3.87. The van der Waals surface area contributed by atoms with Crippen molar-refractivity contribution in [3.05, 3.63) is 18.0 Å². The summed E-state index contributed by atoms with van der Waals surface area (Å²) in [6, 6.07) is 1.23. The topological polar surface area (TPSA) is 74.6 Å². The molecule has 0 saturated heterocycles. The van der Waals surface area contributed by atoms with Crippen molar-refractivity contribution in [2.45, 2.75) is 31.2 Å². The number of carbonyl (C=O) groups is 1. The average molecular weight is 324 g/mol. The van der Waals surface area contributed by atoms with Gasteiger partial charge in [0.2, 0.25) is 0 Å². The average Bonchev–Trinajstić information content (AvgIpc) is 2.79. The summed E-state index contributed by atoms with van der Waals surface area (Å²) < 4.78 is 34.1. The predicted molar refractivity (Wildman–Crippen MR) is 74.5 cm³/mol. The van der Waals surface area contributed by atoms with Gasteiger partial charge in [-0.15, -0.1) is 0 Å². The summed E-state index contributed by atoms with van der Waals surface area (Å²) in [7, 11) is 2.98. The van der Waals surface area contributed by atoms with Gasteiger partial charge in [0.1, 0.15) is 10.6 Å². The van der Waals surface area contributed by atoms with E-state index in [9.17, 15) is 13.2 Å². The van der Waals surface area contributed by atoms with E-state index < -0.39 is 15.0 Å². The Balaban J connectivity index is 2.86. The Labute approximate surface area is 123 Å². The molecule has 1 heterocycles. The molecule has 0 saturated carbocycles. The molecule has 20 heavy (non-hydrogen) atoms. The fraction of sp³-hybridized carbons (Fsp3) is 0.583. The van der Waals surface area contributed by atoms with E-state index in [1.807, 2.05) is 6.92 Å². The van der Waals surface area contributed by atoms with Gasteiger partial charge in [-0.05, 0) is 12.5 Å². The molecule has 0 radical (unpaired) electrons. The summed E-state index contributed by atoms with van der Waals surface area (Å²) in [5.41, 5.74) is 0.184. The van der Waals surface area contributed by atoms with E-state index >= 15 is 0 Å². The molecule has 0 aliphatic heterocycles. The molecule has 0 atom stereocenters. The lowest BCUT2D eigenvalue weighted by Crippen LogP contribution is -2.13. The van der Waals surface area contributed by atoms with E-state index in [0.717, 1.165) is 6.42 Å². The Kier molecular flexibility index (Phi) is 6.51. The number of esters is 1. The van der Waals surface area contributed by atoms with Crippen LogP contribution in [0.1, 0.15) is 30.3 Å². The minimum atomic E-state index is -3.86. The minimum Gasteiger partial charge on any atom is -0.461 e. The zero-order valence-corrected chi connectivity index (χ0v) is 13.0. The highest BCUT2D eigenvalue weighted by Gasteiger charge is 2.20. The predicted octanol–water partition coefficient (Wildman–Crippen LogP) is 2.02. The van der Waals surface area contributed by atoms with Crippen LogP contribution in [0.2, 0.25) is 0 Å². The summed E-state index contributed by atoms with van der Waals surface area (Å²) >= 11 is 0. The van der Waals surface area contributed by atoms with Gasteiger partial charge in [-0.3, -0.25) is 0 Å². The lowest BCUT2D eigenvalue weighted by Gasteiger charge is -2.07. The second-order valence-corrected chi connectivity index (χ2v) is 6.74. The van der Waals surface area contributed by atoms with Crippen LogP contribution in [0.4, 0.5) is 0 Å². The van der Waals surface area contributed by atoms with Gasteiger partial charge in [0.25, 0.3) is 9.05 Å². The quantitative estimate of drug-likeness (QED) is 0.415. The Morgan fingerprint density at radius 2 is 2.10 bits per heavy atom. The van der Waals surface area contributed by atoms with Gasteiger partial charge in [-0.2, -0.15) is 0 Å². The Bertz CT molecular complexity index is 552. The van der Waals surface area contributed by atoms with Crippen LogP contribution in [0.15, 0.2) is 17.2 Å². The second-order valence-electron chi connectivity index (χ2n) is 4.17. The summed E-state index contributed by atoms with van der Waals surface area (Å²) in [4.78, 5) is 11.8. The van der Waals surface area contributed by atoms with Crippen LogP contribution in [-0.4, -0.2) is 39.3 Å². The number of hydrogen-bond donors (Lipinski definition) is 0. The summed E-state index contributed by atoms with van der Waals surface area (Å²) in [6.45, 7) is 3.13. The van der Waals surface area contributed by atoms with Crippen LogP contribution < -0.4 is 0 Å². The van der Waals surface area contributed by atoms with Crippen LogP contribution in [-0.2, 0) is 25.1 Å². The molecule has 1 rings (SSSR count). The molecule has 0 spiro atoms. The number of carbonyl (C=O) groups excluding carboxylic acids is 1. The molecule has 1 aromatic rings. The number of halogens is 1. The molecule has 0 aliphatic carbocycles. The maximum atomic E-state index is 11.9. The van der Waals surface area contributed by atoms with Crippen LogP contribution in [0.5, 0.6) is 0 Å². The zero-order chi connectivity index (χ0) is 15.2. The van der Waals surface area contributed by atoms with Crippen molar-refractivity contribution in [3.63, 3.8) is 0 Å². The molecule has 0 bridgehead atoms. The van der Waals surface area contributed by atoms with E-state index in [1.54, 1.807) is 7.11 Å². The Hall–Kier alpha value is -1.05. The van der Waals surface area contributed by atoms with Gasteiger partial charge in [-0.25, -0.2) is 13.2 Å². The maximum absolute atomic E-state index is 11.9. The van der Waals surface area contributed by atoms with Crippen LogP contribution >= 0.6 is 10.7 Å². The largest absolute Gasteiger partial charge is 0.461 e. The summed E-state index contributed by atoms with van der Waals surface area (Å²) in [5.74, 6) is -0.568. The maximum Gasteiger partial charge on any atom is 0.354 e. The van der Waals surface area contributed by atoms with Gasteiger partial charge < -0.3 is 14.0 Å². The van der Waals surface area contributed by atoms with Gasteiger partial charge in [0, 0.05) is 43.6 Å². The monoisotopic (exact) mass is 323 g/mol. The first kappa shape index (κ1) is 17.0. The fourth-order valence-corrected chi connectivity index (χ4v) is 2.41. The normalized spacial score (nSPS) is 11.6. The highest BCUT2D eigenvalue weighted by Crippen LogP contribution is 2.19. The molecule has 0 aromatic carbocycles. The van der Waals surface area contributed by atoms with Crippen LogP contribution in [0, 0.1) is 0 Å². The number of nitrogens with zero attached hydrogens (tertiary/aromatic N) is 1. The van der Waals surface area contributed by atoms with E-state index in [-0.39, 0.29) is 17.2 Å². The Morgan fingerprint density at radius 3 is 2.65 bits per heavy atom. The third-order valence-electron chi connectivity index (χ3n) is 2.55. The van der Waals surface area contributed by atoms with Gasteiger partial charge in [0.05, 0.1) is 6.61 Å². The number of hydrogen-bond acceptors (Lipinski definition) is 5. The first-order valence-corrected chi connectivity index (χ1v) is 8.52. The Morgan fingerprint density at radius 1 is 1.40 bits per heavy atom. The van der Waals surface area contributed by atoms with Crippen molar-refractivity contribution in [3.8, 4) is 0 Å². The first-order chi connectivity index (χ1) is 9.40. The zero-order valence-electron chi connectivity index (χ0n) is 11.5. The molecule has 0 N–H and O–H groups in total. The molecular formula is C12H18ClNO5S. The van der Waals surface area contributed by atoms with E-state index in [2.05, 4.69) is 0 Å². The smallest absolute Gasteiger partial charge is 0.354 e. The van der Waals surface area contributed by atoms with E-state index in [0.29, 0.717) is 19.6 Å². The molecule has 6 nitrogen and oxygen atoms in total. The molecule has 0 amide bonds. The highest BCUT2D eigenvalue weighted by atomic mass is 35.7. The van der Waals surface area contributed by atoms with E-state index in [1.165, 1.54) is 16.8 Å². The number of methoxy groups -OCH3 is 1. The lowest BCUT2D eigenvalue weighted by atomic mass is 10.4. The SMILES string of the molecule is CCCn1cc(S(=O)(=O)Cl)cc1C(=O)OCCCOC. The first-order valence-electron chi connectivity index (χ1n) is 6.21. The van der Waals surface area contributed by atoms with E-state index in [4.69, 9.17) is 20.2 Å². The highest BCUT2D eigenvalue weighted by molar-refractivity contribution is 8.13. The molecule has 0 unspecified atom stereocenters. The van der Waals surface area contributed by atoms with Gasteiger partial charge in [0.15, 0.2) is 0 Å².